The molecule has 1 amide bonds. The van der Waals surface area contributed by atoms with Crippen molar-refractivity contribution in [3.05, 3.63) is 106 Å². The number of thioether (sulfide) groups is 1. The Bertz CT molecular complexity index is 1550. The number of fused-ring (bicyclic) bond motifs is 4. The number of benzene rings is 3. The lowest BCUT2D eigenvalue weighted by atomic mass is 9.62. The molecule has 5 nitrogen and oxygen atoms in total. The van der Waals surface area contributed by atoms with E-state index in [4.69, 9.17) is 4.98 Å². The number of aryl methyl sites for hydroxylation is 1. The van der Waals surface area contributed by atoms with Gasteiger partial charge in [0, 0.05) is 16.7 Å². The van der Waals surface area contributed by atoms with Gasteiger partial charge in [-0.25, -0.2) is 4.98 Å². The first-order chi connectivity index (χ1) is 18.5. The molecule has 1 spiro atoms. The summed E-state index contributed by atoms with van der Waals surface area (Å²) in [5.74, 6) is 0.0232. The highest BCUT2D eigenvalue weighted by molar-refractivity contribution is 7.99. The monoisotopic (exact) mass is 521 g/mol. The fourth-order valence-electron chi connectivity index (χ4n) is 6.14. The van der Waals surface area contributed by atoms with Crippen LogP contribution in [0.25, 0.3) is 16.9 Å². The number of para-hydroxylation sites is 1. The third kappa shape index (κ3) is 4.58. The van der Waals surface area contributed by atoms with Gasteiger partial charge in [-0.3, -0.25) is 14.2 Å². The number of carbonyl (C=O) groups excluding carboxylic acids is 1. The molecule has 4 aromatic rings. The van der Waals surface area contributed by atoms with Gasteiger partial charge >= 0.3 is 0 Å². The van der Waals surface area contributed by atoms with Crippen LogP contribution in [-0.4, -0.2) is 21.2 Å². The number of amides is 1. The molecule has 1 saturated carbocycles. The zero-order valence-electron chi connectivity index (χ0n) is 21.6. The topological polar surface area (TPSA) is 64.0 Å². The summed E-state index contributed by atoms with van der Waals surface area (Å²) in [4.78, 5) is 32.6. The van der Waals surface area contributed by atoms with Crippen LogP contribution in [0.1, 0.15) is 48.8 Å². The van der Waals surface area contributed by atoms with Crippen molar-refractivity contribution in [2.24, 2.45) is 0 Å². The highest BCUT2D eigenvalue weighted by Crippen LogP contribution is 2.49. The zero-order chi connectivity index (χ0) is 26.1. The highest BCUT2D eigenvalue weighted by atomic mass is 32.2. The summed E-state index contributed by atoms with van der Waals surface area (Å²) >= 11 is 1.31. The quantitative estimate of drug-likeness (QED) is 0.235. The highest BCUT2D eigenvalue weighted by Gasteiger charge is 2.43. The normalized spacial score (nSPS) is 15.5. The molecule has 1 aromatic heterocycles. The smallest absolute Gasteiger partial charge is 0.263 e. The minimum absolute atomic E-state index is 0.000745. The summed E-state index contributed by atoms with van der Waals surface area (Å²) < 4.78 is 1.73. The number of carbonyl (C=O) groups is 1. The van der Waals surface area contributed by atoms with Crippen molar-refractivity contribution in [1.82, 2.24) is 9.55 Å². The molecular formula is C32H31N3O2S. The van der Waals surface area contributed by atoms with Crippen molar-refractivity contribution in [3.8, 4) is 16.9 Å². The average Bonchev–Trinajstić information content (AvgIpc) is 2.93. The summed E-state index contributed by atoms with van der Waals surface area (Å²) in [6.45, 7) is 2.00. The van der Waals surface area contributed by atoms with Crippen molar-refractivity contribution >= 4 is 23.4 Å². The minimum atomic E-state index is -0.186. The van der Waals surface area contributed by atoms with Crippen LogP contribution in [0, 0.1) is 6.92 Å². The van der Waals surface area contributed by atoms with E-state index in [0.29, 0.717) is 5.16 Å². The Morgan fingerprint density at radius 1 is 0.974 bits per heavy atom. The van der Waals surface area contributed by atoms with Gasteiger partial charge in [-0.15, -0.1) is 0 Å². The summed E-state index contributed by atoms with van der Waals surface area (Å²) in [6, 6.07) is 25.8. The molecule has 38 heavy (non-hydrogen) atoms. The van der Waals surface area contributed by atoms with Crippen molar-refractivity contribution < 1.29 is 4.79 Å². The van der Waals surface area contributed by atoms with Gasteiger partial charge in [-0.05, 0) is 61.6 Å². The van der Waals surface area contributed by atoms with Crippen molar-refractivity contribution in [1.29, 1.82) is 0 Å². The zero-order valence-corrected chi connectivity index (χ0v) is 22.4. The van der Waals surface area contributed by atoms with Gasteiger partial charge in [0.05, 0.1) is 22.7 Å². The first-order valence-corrected chi connectivity index (χ1v) is 14.3. The van der Waals surface area contributed by atoms with E-state index < -0.39 is 0 Å². The van der Waals surface area contributed by atoms with E-state index in [1.165, 1.54) is 23.7 Å². The molecular weight excluding hydrogens is 490 g/mol. The van der Waals surface area contributed by atoms with E-state index in [0.717, 1.165) is 65.9 Å². The maximum absolute atomic E-state index is 14.5. The van der Waals surface area contributed by atoms with E-state index in [-0.39, 0.29) is 22.6 Å². The first-order valence-electron chi connectivity index (χ1n) is 13.3. The van der Waals surface area contributed by atoms with Crippen LogP contribution < -0.4 is 10.9 Å². The lowest BCUT2D eigenvalue weighted by Crippen LogP contribution is -2.43. The fourth-order valence-corrected chi connectivity index (χ4v) is 6.95. The standard InChI is InChI=1S/C32H31N3O2S/c1-22-11-10-13-24(19-22)33-27(36)21-38-31-34-29-26-16-7-6-12-23(26)20-32(17-8-3-9-18-32)28(29)30(37)35(31)25-14-4-2-5-15-25/h2,4-7,10-16,19H,3,8-9,17-18,20-21H2,1H3,(H,33,36). The SMILES string of the molecule is Cc1cccc(NC(=O)CSc2nc3c(c(=O)n2-c2ccccc2)C2(CCCCC2)Cc2ccccc2-3)c1. The number of hydrogen-bond acceptors (Lipinski definition) is 4. The largest absolute Gasteiger partial charge is 0.325 e. The molecule has 6 heteroatoms. The summed E-state index contributed by atoms with van der Waals surface area (Å²) in [5, 5.41) is 3.52. The lowest BCUT2D eigenvalue weighted by molar-refractivity contribution is -0.113. The second-order valence-corrected chi connectivity index (χ2v) is 11.4. The molecule has 6 rings (SSSR count). The molecule has 0 unspecified atom stereocenters. The summed E-state index contributed by atoms with van der Waals surface area (Å²) in [5.41, 5.74) is 6.40. The molecule has 2 aliphatic carbocycles. The molecule has 0 aliphatic heterocycles. The van der Waals surface area contributed by atoms with Gasteiger partial charge in [0.1, 0.15) is 0 Å². The molecule has 2 aliphatic rings. The van der Waals surface area contributed by atoms with Crippen LogP contribution in [0.4, 0.5) is 5.69 Å². The molecule has 3 aromatic carbocycles. The fraction of sp³-hybridized carbons (Fsp3) is 0.281. The third-order valence-electron chi connectivity index (χ3n) is 7.84. The number of anilines is 1. The molecule has 0 bridgehead atoms. The molecule has 1 fully saturated rings. The van der Waals surface area contributed by atoms with Gasteiger partial charge in [0.25, 0.3) is 5.56 Å². The van der Waals surface area contributed by atoms with Crippen molar-refractivity contribution in [2.75, 3.05) is 11.1 Å². The van der Waals surface area contributed by atoms with Crippen LogP contribution in [-0.2, 0) is 16.6 Å². The van der Waals surface area contributed by atoms with Crippen LogP contribution in [0.15, 0.2) is 88.8 Å². The number of rotatable bonds is 5. The van der Waals surface area contributed by atoms with E-state index in [2.05, 4.69) is 23.5 Å². The average molecular weight is 522 g/mol. The third-order valence-corrected chi connectivity index (χ3v) is 8.78. The maximum atomic E-state index is 14.5. The van der Waals surface area contributed by atoms with Crippen LogP contribution in [0.5, 0.6) is 0 Å². The molecule has 1 N–H and O–H groups in total. The van der Waals surface area contributed by atoms with E-state index in [1.807, 2.05) is 67.6 Å². The second-order valence-electron chi connectivity index (χ2n) is 10.5. The Balaban J connectivity index is 1.46. The molecule has 0 saturated heterocycles. The number of aromatic nitrogens is 2. The Kier molecular flexibility index (Phi) is 6.66. The van der Waals surface area contributed by atoms with Gasteiger partial charge < -0.3 is 5.32 Å². The first kappa shape index (κ1) is 24.7. The van der Waals surface area contributed by atoms with Gasteiger partial charge in [0.15, 0.2) is 5.16 Å². The van der Waals surface area contributed by atoms with Crippen molar-refractivity contribution in [2.45, 2.75) is 56.0 Å². The molecule has 192 valence electrons. The van der Waals surface area contributed by atoms with Crippen LogP contribution >= 0.6 is 11.8 Å². The van der Waals surface area contributed by atoms with E-state index in [9.17, 15) is 9.59 Å². The van der Waals surface area contributed by atoms with Crippen molar-refractivity contribution in [3.63, 3.8) is 0 Å². The predicted molar refractivity (Wildman–Crippen MR) is 154 cm³/mol. The summed E-state index contributed by atoms with van der Waals surface area (Å²) in [7, 11) is 0. The van der Waals surface area contributed by atoms with E-state index in [1.54, 1.807) is 4.57 Å². The van der Waals surface area contributed by atoms with Gasteiger partial charge in [-0.2, -0.15) is 0 Å². The second kappa shape index (κ2) is 10.3. The molecule has 0 radical (unpaired) electrons. The molecule has 1 heterocycles. The van der Waals surface area contributed by atoms with E-state index >= 15 is 0 Å². The number of nitrogens with one attached hydrogen (secondary N) is 1. The lowest BCUT2D eigenvalue weighted by Gasteiger charge is -2.42. The Morgan fingerprint density at radius 3 is 2.53 bits per heavy atom. The minimum Gasteiger partial charge on any atom is -0.325 e. The van der Waals surface area contributed by atoms with Crippen LogP contribution in [0.2, 0.25) is 0 Å². The van der Waals surface area contributed by atoms with Gasteiger partial charge in [0.2, 0.25) is 5.91 Å². The van der Waals surface area contributed by atoms with Gasteiger partial charge in [-0.1, -0.05) is 85.6 Å². The Morgan fingerprint density at radius 2 is 1.74 bits per heavy atom. The number of nitrogens with zero attached hydrogens (tertiary/aromatic N) is 2. The maximum Gasteiger partial charge on any atom is 0.263 e. The molecule has 0 atom stereocenters. The number of hydrogen-bond donors (Lipinski definition) is 1. The summed E-state index contributed by atoms with van der Waals surface area (Å²) in [6.07, 6.45) is 6.36. The van der Waals surface area contributed by atoms with Crippen LogP contribution in [0.3, 0.4) is 0 Å². The Labute approximate surface area is 227 Å². The Hall–Kier alpha value is -3.64. The predicted octanol–water partition coefficient (Wildman–Crippen LogP) is 6.70.